The summed E-state index contributed by atoms with van der Waals surface area (Å²) in [5.74, 6) is 0.770. The van der Waals surface area contributed by atoms with Gasteiger partial charge in [-0.05, 0) is 30.7 Å². The zero-order valence-electron chi connectivity index (χ0n) is 12.0. The van der Waals surface area contributed by atoms with Gasteiger partial charge in [0.2, 0.25) is 5.96 Å². The number of nitro benzene ring substituents is 1. The minimum atomic E-state index is -0.392. The highest BCUT2D eigenvalue weighted by molar-refractivity contribution is 6.05. The van der Waals surface area contributed by atoms with Gasteiger partial charge in [0.05, 0.1) is 4.92 Å². The Balaban J connectivity index is 1.83. The number of nitrogens with one attached hydrogen (secondary N) is 1. The standard InChI is InChI=1S/C16H16N4O2/c21-20(22)15-9-7-14(8-10-15)19-12-4-11-17-16(19)18-13-5-2-1-3-6-13/h1-3,5-10H,4,11-12H2,(H,17,18). The van der Waals surface area contributed by atoms with Crippen LogP contribution in [0.4, 0.5) is 17.1 Å². The summed E-state index contributed by atoms with van der Waals surface area (Å²) in [5, 5.41) is 14.1. The largest absolute Gasteiger partial charge is 0.326 e. The number of hydrogen-bond donors (Lipinski definition) is 1. The maximum Gasteiger partial charge on any atom is 0.269 e. The second-order valence-electron chi connectivity index (χ2n) is 4.98. The van der Waals surface area contributed by atoms with Crippen LogP contribution in [0.3, 0.4) is 0 Å². The van der Waals surface area contributed by atoms with Crippen molar-refractivity contribution in [3.05, 3.63) is 64.7 Å². The molecule has 2 aromatic rings. The third-order valence-electron chi connectivity index (χ3n) is 3.46. The SMILES string of the molecule is O=[N+]([O-])c1ccc(N2CCCN=C2Nc2ccccc2)cc1. The van der Waals surface area contributed by atoms with Crippen LogP contribution in [0.2, 0.25) is 0 Å². The highest BCUT2D eigenvalue weighted by Gasteiger charge is 2.18. The Kier molecular flexibility index (Phi) is 4.00. The molecule has 0 spiro atoms. The summed E-state index contributed by atoms with van der Waals surface area (Å²) < 4.78 is 0. The molecule has 1 aliphatic heterocycles. The molecule has 0 radical (unpaired) electrons. The molecule has 1 N–H and O–H groups in total. The first kappa shape index (κ1) is 14.1. The minimum absolute atomic E-state index is 0.0928. The summed E-state index contributed by atoms with van der Waals surface area (Å²) in [4.78, 5) is 16.9. The fraction of sp³-hybridized carbons (Fsp3) is 0.188. The van der Waals surface area contributed by atoms with Gasteiger partial charge in [-0.1, -0.05) is 18.2 Å². The molecular formula is C16H16N4O2. The van der Waals surface area contributed by atoms with Gasteiger partial charge in [0.25, 0.3) is 5.69 Å². The second kappa shape index (κ2) is 6.26. The van der Waals surface area contributed by atoms with E-state index in [0.29, 0.717) is 0 Å². The molecule has 0 saturated heterocycles. The van der Waals surface area contributed by atoms with Crippen LogP contribution in [0.5, 0.6) is 0 Å². The first-order chi connectivity index (χ1) is 10.7. The molecule has 0 bridgehead atoms. The number of nitrogens with zero attached hydrogens (tertiary/aromatic N) is 3. The minimum Gasteiger partial charge on any atom is -0.326 e. The molecule has 112 valence electrons. The summed E-state index contributed by atoms with van der Waals surface area (Å²) in [7, 11) is 0. The lowest BCUT2D eigenvalue weighted by Crippen LogP contribution is -2.40. The van der Waals surface area contributed by atoms with E-state index < -0.39 is 4.92 Å². The number of aliphatic imine (C=N–C) groups is 1. The number of anilines is 2. The molecular weight excluding hydrogens is 280 g/mol. The van der Waals surface area contributed by atoms with Crippen molar-refractivity contribution in [3.63, 3.8) is 0 Å². The van der Waals surface area contributed by atoms with Crippen LogP contribution < -0.4 is 10.2 Å². The summed E-state index contributed by atoms with van der Waals surface area (Å²) in [5.41, 5.74) is 1.96. The monoisotopic (exact) mass is 296 g/mol. The van der Waals surface area contributed by atoms with Crippen molar-refractivity contribution in [2.45, 2.75) is 6.42 Å². The first-order valence-corrected chi connectivity index (χ1v) is 7.12. The smallest absolute Gasteiger partial charge is 0.269 e. The molecule has 3 rings (SSSR count). The lowest BCUT2D eigenvalue weighted by Gasteiger charge is -2.29. The van der Waals surface area contributed by atoms with Crippen molar-refractivity contribution in [3.8, 4) is 0 Å². The molecule has 0 aromatic heterocycles. The molecule has 0 fully saturated rings. The number of hydrogen-bond acceptors (Lipinski definition) is 5. The van der Waals surface area contributed by atoms with E-state index in [4.69, 9.17) is 0 Å². The normalized spacial score (nSPS) is 14.4. The molecule has 0 saturated carbocycles. The summed E-state index contributed by atoms with van der Waals surface area (Å²) in [6.07, 6.45) is 0.955. The number of rotatable bonds is 3. The van der Waals surface area contributed by atoms with Gasteiger partial charge in [-0.25, -0.2) is 0 Å². The van der Waals surface area contributed by atoms with Gasteiger partial charge in [-0.2, -0.15) is 0 Å². The van der Waals surface area contributed by atoms with E-state index >= 15 is 0 Å². The van der Waals surface area contributed by atoms with Crippen molar-refractivity contribution in [1.29, 1.82) is 0 Å². The molecule has 0 atom stereocenters. The number of benzene rings is 2. The molecule has 22 heavy (non-hydrogen) atoms. The van der Waals surface area contributed by atoms with Gasteiger partial charge in [0, 0.05) is 36.6 Å². The molecule has 2 aromatic carbocycles. The van der Waals surface area contributed by atoms with Gasteiger partial charge in [-0.3, -0.25) is 15.1 Å². The van der Waals surface area contributed by atoms with Crippen LogP contribution in [0.15, 0.2) is 59.6 Å². The van der Waals surface area contributed by atoms with E-state index in [2.05, 4.69) is 10.3 Å². The first-order valence-electron chi connectivity index (χ1n) is 7.12. The van der Waals surface area contributed by atoms with E-state index in [1.165, 1.54) is 12.1 Å². The number of nitro groups is 1. The average Bonchev–Trinajstić information content (AvgIpc) is 2.56. The average molecular weight is 296 g/mol. The summed E-state index contributed by atoms with van der Waals surface area (Å²) >= 11 is 0. The quantitative estimate of drug-likeness (QED) is 0.697. The van der Waals surface area contributed by atoms with Gasteiger partial charge < -0.3 is 10.2 Å². The Labute approximate surface area is 128 Å². The van der Waals surface area contributed by atoms with Crippen LogP contribution in [0.25, 0.3) is 0 Å². The van der Waals surface area contributed by atoms with Crippen LogP contribution in [0, 0.1) is 10.1 Å². The Morgan fingerprint density at radius 2 is 1.82 bits per heavy atom. The van der Waals surface area contributed by atoms with Crippen LogP contribution in [0.1, 0.15) is 6.42 Å². The molecule has 6 nitrogen and oxygen atoms in total. The third-order valence-corrected chi connectivity index (χ3v) is 3.46. The van der Waals surface area contributed by atoms with Gasteiger partial charge >= 0.3 is 0 Å². The molecule has 0 unspecified atom stereocenters. The van der Waals surface area contributed by atoms with Gasteiger partial charge in [0.1, 0.15) is 0 Å². The summed E-state index contributed by atoms with van der Waals surface area (Å²) in [6.45, 7) is 1.61. The van der Waals surface area contributed by atoms with Crippen molar-refractivity contribution in [2.75, 3.05) is 23.3 Å². The van der Waals surface area contributed by atoms with E-state index in [1.807, 2.05) is 35.2 Å². The maximum absolute atomic E-state index is 10.7. The zero-order chi connectivity index (χ0) is 15.4. The molecule has 6 heteroatoms. The van der Waals surface area contributed by atoms with Crippen LogP contribution in [-0.2, 0) is 0 Å². The highest BCUT2D eigenvalue weighted by atomic mass is 16.6. The van der Waals surface area contributed by atoms with Crippen molar-refractivity contribution >= 4 is 23.0 Å². The lowest BCUT2D eigenvalue weighted by atomic mass is 10.2. The summed E-state index contributed by atoms with van der Waals surface area (Å²) in [6, 6.07) is 16.4. The Bertz CT molecular complexity index is 683. The number of non-ortho nitro benzene ring substituents is 1. The van der Waals surface area contributed by atoms with E-state index in [-0.39, 0.29) is 5.69 Å². The Hall–Kier alpha value is -2.89. The van der Waals surface area contributed by atoms with E-state index in [1.54, 1.807) is 12.1 Å². The fourth-order valence-corrected chi connectivity index (χ4v) is 2.37. The number of guanidine groups is 1. The third kappa shape index (κ3) is 3.06. The van der Waals surface area contributed by atoms with Crippen molar-refractivity contribution in [1.82, 2.24) is 0 Å². The lowest BCUT2D eigenvalue weighted by molar-refractivity contribution is -0.384. The molecule has 1 heterocycles. The van der Waals surface area contributed by atoms with Gasteiger partial charge in [0.15, 0.2) is 0 Å². The zero-order valence-corrected chi connectivity index (χ0v) is 12.0. The predicted octanol–water partition coefficient (Wildman–Crippen LogP) is 3.27. The highest BCUT2D eigenvalue weighted by Crippen LogP contribution is 2.22. The Morgan fingerprint density at radius 3 is 2.50 bits per heavy atom. The van der Waals surface area contributed by atoms with E-state index in [9.17, 15) is 10.1 Å². The van der Waals surface area contributed by atoms with Crippen molar-refractivity contribution in [2.24, 2.45) is 4.99 Å². The fourth-order valence-electron chi connectivity index (χ4n) is 2.37. The Morgan fingerprint density at radius 1 is 1.09 bits per heavy atom. The molecule has 1 aliphatic rings. The van der Waals surface area contributed by atoms with Crippen LogP contribution >= 0.6 is 0 Å². The number of para-hydroxylation sites is 1. The maximum atomic E-state index is 10.7. The molecule has 0 aliphatic carbocycles. The predicted molar refractivity (Wildman–Crippen MR) is 87.4 cm³/mol. The van der Waals surface area contributed by atoms with Crippen LogP contribution in [-0.4, -0.2) is 24.0 Å². The van der Waals surface area contributed by atoms with Crippen molar-refractivity contribution < 1.29 is 4.92 Å². The topological polar surface area (TPSA) is 70.8 Å². The second-order valence-corrected chi connectivity index (χ2v) is 4.98. The van der Waals surface area contributed by atoms with E-state index in [0.717, 1.165) is 36.8 Å². The molecule has 0 amide bonds. The van der Waals surface area contributed by atoms with Gasteiger partial charge in [-0.15, -0.1) is 0 Å².